The topological polar surface area (TPSA) is 51.7 Å². The van der Waals surface area contributed by atoms with Crippen LogP contribution in [0.3, 0.4) is 0 Å². The van der Waals surface area contributed by atoms with Crippen LogP contribution in [-0.2, 0) is 9.53 Å². The maximum absolute atomic E-state index is 11.7. The van der Waals surface area contributed by atoms with Gasteiger partial charge < -0.3 is 14.4 Å². The first kappa shape index (κ1) is 17.5. The van der Waals surface area contributed by atoms with Gasteiger partial charge in [0, 0.05) is 11.6 Å². The van der Waals surface area contributed by atoms with Crippen molar-refractivity contribution >= 4 is 28.5 Å². The highest BCUT2D eigenvalue weighted by Gasteiger charge is 2.18. The lowest BCUT2D eigenvalue weighted by atomic mass is 10.2. The Labute approximate surface area is 141 Å². The Hall–Kier alpha value is -1.85. The van der Waals surface area contributed by atoms with Crippen LogP contribution < -0.4 is 4.74 Å². The fourth-order valence-electron chi connectivity index (χ4n) is 2.22. The second kappa shape index (κ2) is 8.13. The fourth-order valence-corrected chi connectivity index (χ4v) is 2.43. The van der Waals surface area contributed by atoms with Crippen molar-refractivity contribution in [3.05, 3.63) is 35.5 Å². The first-order chi connectivity index (χ1) is 11.0. The van der Waals surface area contributed by atoms with Gasteiger partial charge in [0.25, 0.3) is 0 Å². The third-order valence-corrected chi connectivity index (χ3v) is 3.88. The van der Waals surface area contributed by atoms with Gasteiger partial charge in [0.15, 0.2) is 0 Å². The Morgan fingerprint density at radius 3 is 2.83 bits per heavy atom. The van der Waals surface area contributed by atoms with E-state index in [1.165, 1.54) is 0 Å². The van der Waals surface area contributed by atoms with E-state index in [0.717, 1.165) is 5.39 Å². The predicted molar refractivity (Wildman–Crippen MR) is 91.0 cm³/mol. The number of ether oxygens (including phenoxy) is 2. The number of carbonyl (C=O) groups excluding carboxylic acids is 1. The molecule has 0 N–H and O–H groups in total. The van der Waals surface area contributed by atoms with Crippen molar-refractivity contribution in [3.8, 4) is 5.75 Å². The highest BCUT2D eigenvalue weighted by atomic mass is 35.5. The monoisotopic (exact) mass is 336 g/mol. The lowest BCUT2D eigenvalue weighted by molar-refractivity contribution is -0.144. The normalized spacial score (nSPS) is 12.4. The molecule has 0 aliphatic rings. The molecule has 23 heavy (non-hydrogen) atoms. The van der Waals surface area contributed by atoms with Crippen LogP contribution >= 0.6 is 11.6 Å². The van der Waals surface area contributed by atoms with Gasteiger partial charge in [0.2, 0.25) is 0 Å². The van der Waals surface area contributed by atoms with Crippen LogP contribution in [0.15, 0.2) is 30.5 Å². The summed E-state index contributed by atoms with van der Waals surface area (Å²) in [6.07, 6.45) is 1.98. The molecular weight excluding hydrogens is 316 g/mol. The predicted octanol–water partition coefficient (Wildman–Crippen LogP) is 3.15. The van der Waals surface area contributed by atoms with E-state index in [9.17, 15) is 4.79 Å². The van der Waals surface area contributed by atoms with Gasteiger partial charge in [-0.2, -0.15) is 0 Å². The molecular formula is C17H21ClN2O3. The lowest BCUT2D eigenvalue weighted by Crippen LogP contribution is -2.36. The van der Waals surface area contributed by atoms with Crippen LogP contribution in [0.5, 0.6) is 5.75 Å². The van der Waals surface area contributed by atoms with Crippen molar-refractivity contribution in [2.24, 2.45) is 0 Å². The number of fused-ring (bicyclic) bond motifs is 1. The summed E-state index contributed by atoms with van der Waals surface area (Å²) in [7, 11) is 3.82. The molecule has 0 bridgehead atoms. The van der Waals surface area contributed by atoms with Crippen LogP contribution in [0, 0.1) is 0 Å². The summed E-state index contributed by atoms with van der Waals surface area (Å²) in [5.41, 5.74) is 0.716. The van der Waals surface area contributed by atoms with Crippen molar-refractivity contribution in [1.82, 2.24) is 9.88 Å². The zero-order valence-corrected chi connectivity index (χ0v) is 14.3. The van der Waals surface area contributed by atoms with Crippen LogP contribution in [-0.4, -0.2) is 49.2 Å². The van der Waals surface area contributed by atoms with Crippen molar-refractivity contribution in [2.75, 3.05) is 27.3 Å². The van der Waals surface area contributed by atoms with Gasteiger partial charge in [0.1, 0.15) is 17.9 Å². The van der Waals surface area contributed by atoms with E-state index >= 15 is 0 Å². The van der Waals surface area contributed by atoms with Crippen molar-refractivity contribution in [3.63, 3.8) is 0 Å². The van der Waals surface area contributed by atoms with Crippen LogP contribution in [0.2, 0.25) is 5.02 Å². The molecule has 0 radical (unpaired) electrons. The molecule has 0 aliphatic heterocycles. The van der Waals surface area contributed by atoms with Gasteiger partial charge in [-0.05, 0) is 45.3 Å². The van der Waals surface area contributed by atoms with Gasteiger partial charge in [-0.1, -0.05) is 11.6 Å². The summed E-state index contributed by atoms with van der Waals surface area (Å²) < 4.78 is 10.9. The average Bonchev–Trinajstić information content (AvgIpc) is 2.53. The smallest absolute Gasteiger partial charge is 0.307 e. The highest BCUT2D eigenvalue weighted by molar-refractivity contribution is 6.35. The molecule has 1 unspecified atom stereocenters. The Bertz CT molecular complexity index is 676. The fraction of sp³-hybridized carbons (Fsp3) is 0.412. The maximum Gasteiger partial charge on any atom is 0.307 e. The number of hydrogen-bond donors (Lipinski definition) is 0. The zero-order valence-electron chi connectivity index (χ0n) is 13.6. The molecule has 5 nitrogen and oxygen atoms in total. The van der Waals surface area contributed by atoms with Gasteiger partial charge in [-0.15, -0.1) is 0 Å². The summed E-state index contributed by atoms with van der Waals surface area (Å²) in [6.45, 7) is 2.54. The van der Waals surface area contributed by atoms with E-state index in [0.29, 0.717) is 29.5 Å². The van der Waals surface area contributed by atoms with Crippen LogP contribution in [0.25, 0.3) is 10.9 Å². The molecule has 0 amide bonds. The van der Waals surface area contributed by atoms with Gasteiger partial charge in [-0.25, -0.2) is 0 Å². The molecule has 0 fully saturated rings. The number of rotatable bonds is 7. The number of pyridine rings is 1. The van der Waals surface area contributed by atoms with Gasteiger partial charge >= 0.3 is 5.97 Å². The second-order valence-electron chi connectivity index (χ2n) is 5.38. The summed E-state index contributed by atoms with van der Waals surface area (Å²) in [5, 5.41) is 1.48. The molecule has 124 valence electrons. The molecule has 0 saturated heterocycles. The van der Waals surface area contributed by atoms with E-state index in [2.05, 4.69) is 4.98 Å². The van der Waals surface area contributed by atoms with E-state index in [4.69, 9.17) is 21.1 Å². The number of likely N-dealkylation sites (N-methyl/N-ethyl adjacent to an activating group) is 1. The zero-order chi connectivity index (χ0) is 16.8. The molecule has 2 rings (SSSR count). The largest absolute Gasteiger partial charge is 0.490 e. The van der Waals surface area contributed by atoms with E-state index in [1.54, 1.807) is 25.3 Å². The molecule has 1 heterocycles. The number of carbonyl (C=O) groups is 1. The molecule has 0 saturated carbocycles. The molecule has 0 spiro atoms. The standard InChI is InChI=1S/C17H21ClN2O3/c1-4-22-16(21)10-12(20(2)3)11-23-15-8-7-14(18)13-6-5-9-19-17(13)15/h5-9,12H,4,10-11H2,1-3H3. The molecule has 1 aromatic carbocycles. The number of benzene rings is 1. The summed E-state index contributed by atoms with van der Waals surface area (Å²) in [6, 6.07) is 7.25. The minimum absolute atomic E-state index is 0.0801. The molecule has 1 atom stereocenters. The molecule has 2 aromatic rings. The molecule has 0 aliphatic carbocycles. The SMILES string of the molecule is CCOC(=O)CC(COc1ccc(Cl)c2cccnc12)N(C)C. The van der Waals surface area contributed by atoms with E-state index in [-0.39, 0.29) is 18.4 Å². The number of esters is 1. The third kappa shape index (κ3) is 4.56. The summed E-state index contributed by atoms with van der Waals surface area (Å²) in [5.74, 6) is 0.426. The highest BCUT2D eigenvalue weighted by Crippen LogP contribution is 2.29. The average molecular weight is 337 g/mol. The van der Waals surface area contributed by atoms with Crippen molar-refractivity contribution in [1.29, 1.82) is 0 Å². The van der Waals surface area contributed by atoms with Crippen molar-refractivity contribution in [2.45, 2.75) is 19.4 Å². The summed E-state index contributed by atoms with van der Waals surface area (Å²) in [4.78, 5) is 18.0. The van der Waals surface area contributed by atoms with Gasteiger partial charge in [0.05, 0.1) is 24.1 Å². The van der Waals surface area contributed by atoms with Crippen molar-refractivity contribution < 1.29 is 14.3 Å². The first-order valence-corrected chi connectivity index (χ1v) is 7.88. The Kier molecular flexibility index (Phi) is 6.19. The third-order valence-electron chi connectivity index (χ3n) is 3.55. The quantitative estimate of drug-likeness (QED) is 0.727. The molecule has 6 heteroatoms. The van der Waals surface area contributed by atoms with E-state index < -0.39 is 0 Å². The van der Waals surface area contributed by atoms with E-state index in [1.807, 2.05) is 31.1 Å². The summed E-state index contributed by atoms with van der Waals surface area (Å²) >= 11 is 6.18. The first-order valence-electron chi connectivity index (χ1n) is 7.51. The molecule has 1 aromatic heterocycles. The number of aromatic nitrogens is 1. The maximum atomic E-state index is 11.7. The van der Waals surface area contributed by atoms with Gasteiger partial charge in [-0.3, -0.25) is 9.78 Å². The number of nitrogens with zero attached hydrogens (tertiary/aromatic N) is 2. The van der Waals surface area contributed by atoms with Crippen LogP contribution in [0.4, 0.5) is 0 Å². The lowest BCUT2D eigenvalue weighted by Gasteiger charge is -2.23. The number of hydrogen-bond acceptors (Lipinski definition) is 5. The van der Waals surface area contributed by atoms with Crippen LogP contribution in [0.1, 0.15) is 13.3 Å². The second-order valence-corrected chi connectivity index (χ2v) is 5.79. The minimum atomic E-state index is -0.228. The Balaban J connectivity index is 2.12. The number of halogens is 1. The Morgan fingerprint density at radius 2 is 2.13 bits per heavy atom. The Morgan fingerprint density at radius 1 is 1.35 bits per heavy atom. The minimum Gasteiger partial charge on any atom is -0.490 e.